The number of hydrogen-bond donors (Lipinski definition) is 0. The van der Waals surface area contributed by atoms with Crippen molar-refractivity contribution in [2.45, 2.75) is 0 Å². The van der Waals surface area contributed by atoms with E-state index in [2.05, 4.69) is 112 Å². The van der Waals surface area contributed by atoms with Gasteiger partial charge in [-0.15, -0.1) is 0 Å². The maximum Gasteiger partial charge on any atom is 0.101 e. The number of para-hydroxylation sites is 2. The predicted molar refractivity (Wildman–Crippen MR) is 187 cm³/mol. The van der Waals surface area contributed by atoms with E-state index in [-0.39, 0.29) is 0 Å². The number of hydrogen-bond acceptors (Lipinski definition) is 2. The van der Waals surface area contributed by atoms with Gasteiger partial charge in [-0.05, 0) is 64.4 Å². The molecule has 0 aliphatic rings. The Kier molecular flexibility index (Phi) is 5.59. The van der Waals surface area contributed by atoms with Gasteiger partial charge in [0.05, 0.1) is 38.9 Å². The van der Waals surface area contributed by atoms with E-state index in [9.17, 15) is 10.5 Å². The van der Waals surface area contributed by atoms with Gasteiger partial charge in [-0.2, -0.15) is 10.5 Å². The summed E-state index contributed by atoms with van der Waals surface area (Å²) in [5.41, 5.74) is 8.51. The van der Waals surface area contributed by atoms with E-state index in [4.69, 9.17) is 0 Å². The van der Waals surface area contributed by atoms with Crippen LogP contribution in [0.4, 0.5) is 0 Å². The Labute approximate surface area is 264 Å². The van der Waals surface area contributed by atoms with Gasteiger partial charge in [0.15, 0.2) is 0 Å². The lowest BCUT2D eigenvalue weighted by Gasteiger charge is -2.16. The van der Waals surface area contributed by atoms with Crippen molar-refractivity contribution in [3.05, 3.63) is 157 Å². The highest BCUT2D eigenvalue weighted by molar-refractivity contribution is 6.22. The summed E-state index contributed by atoms with van der Waals surface area (Å²) in [5.74, 6) is 0. The molecule has 46 heavy (non-hydrogen) atoms. The van der Waals surface area contributed by atoms with Crippen LogP contribution in [-0.4, -0.2) is 9.13 Å². The SMILES string of the molecule is N#Cc1cc(-n2c3ccc(-c4ccccc4)cc3c3c4ccccc4ccc32)cc(C#N)c1-n1c2ccccc2c2ccccc21. The lowest BCUT2D eigenvalue weighted by Crippen LogP contribution is -2.04. The first-order chi connectivity index (χ1) is 22.7. The average Bonchev–Trinajstić information content (AvgIpc) is 3.64. The molecule has 0 radical (unpaired) electrons. The summed E-state index contributed by atoms with van der Waals surface area (Å²) in [6.45, 7) is 0. The van der Waals surface area contributed by atoms with Gasteiger partial charge in [0.2, 0.25) is 0 Å². The molecule has 0 spiro atoms. The van der Waals surface area contributed by atoms with E-state index in [0.717, 1.165) is 71.2 Å². The Hall–Kier alpha value is -6.62. The second-order valence-electron chi connectivity index (χ2n) is 11.6. The smallest absolute Gasteiger partial charge is 0.101 e. The predicted octanol–water partition coefficient (Wildman–Crippen LogP) is 10.4. The van der Waals surface area contributed by atoms with Gasteiger partial charge in [0.1, 0.15) is 12.1 Å². The fourth-order valence-corrected chi connectivity index (χ4v) is 7.20. The number of aromatic nitrogens is 2. The fraction of sp³-hybridized carbons (Fsp3) is 0. The number of nitrogens with zero attached hydrogens (tertiary/aromatic N) is 4. The molecule has 212 valence electrons. The molecule has 0 unspecified atom stereocenters. The molecule has 0 bridgehead atoms. The van der Waals surface area contributed by atoms with Crippen LogP contribution in [0.1, 0.15) is 11.1 Å². The molecule has 4 nitrogen and oxygen atoms in total. The quantitative estimate of drug-likeness (QED) is 0.207. The van der Waals surface area contributed by atoms with E-state index in [0.29, 0.717) is 16.8 Å². The minimum Gasteiger partial charge on any atom is -0.309 e. The van der Waals surface area contributed by atoms with Gasteiger partial charge >= 0.3 is 0 Å². The van der Waals surface area contributed by atoms with E-state index in [1.54, 1.807) is 0 Å². The summed E-state index contributed by atoms with van der Waals surface area (Å²) in [4.78, 5) is 0. The molecular formula is C42H24N4. The molecule has 4 heteroatoms. The highest BCUT2D eigenvalue weighted by Crippen LogP contribution is 2.40. The maximum absolute atomic E-state index is 10.7. The fourth-order valence-electron chi connectivity index (χ4n) is 7.20. The summed E-state index contributed by atoms with van der Waals surface area (Å²) in [6, 6.07) is 54.8. The van der Waals surface area contributed by atoms with Crippen LogP contribution in [0.25, 0.3) is 76.9 Å². The monoisotopic (exact) mass is 584 g/mol. The van der Waals surface area contributed by atoms with Crippen LogP contribution in [0.2, 0.25) is 0 Å². The van der Waals surface area contributed by atoms with Crippen molar-refractivity contribution in [3.8, 4) is 34.6 Å². The molecular weight excluding hydrogens is 560 g/mol. The zero-order chi connectivity index (χ0) is 30.8. The van der Waals surface area contributed by atoms with Crippen LogP contribution < -0.4 is 0 Å². The van der Waals surface area contributed by atoms with Gasteiger partial charge in [0.25, 0.3) is 0 Å². The molecule has 2 aromatic heterocycles. The Balaban J connectivity index is 1.37. The van der Waals surface area contributed by atoms with Crippen molar-refractivity contribution >= 4 is 54.4 Å². The number of fused-ring (bicyclic) bond motifs is 8. The number of rotatable bonds is 3. The topological polar surface area (TPSA) is 57.4 Å². The Morgan fingerprint density at radius 3 is 1.65 bits per heavy atom. The van der Waals surface area contributed by atoms with Gasteiger partial charge in [0, 0.05) is 27.2 Å². The zero-order valence-corrected chi connectivity index (χ0v) is 24.6. The van der Waals surface area contributed by atoms with Crippen molar-refractivity contribution in [1.82, 2.24) is 9.13 Å². The number of benzene rings is 7. The molecule has 9 rings (SSSR count). The third kappa shape index (κ3) is 3.65. The largest absolute Gasteiger partial charge is 0.309 e. The van der Waals surface area contributed by atoms with Crippen LogP contribution in [0.5, 0.6) is 0 Å². The van der Waals surface area contributed by atoms with Crippen molar-refractivity contribution < 1.29 is 0 Å². The summed E-state index contributed by atoms with van der Waals surface area (Å²) in [6.07, 6.45) is 0. The van der Waals surface area contributed by atoms with Crippen LogP contribution in [0.3, 0.4) is 0 Å². The minimum atomic E-state index is 0.442. The van der Waals surface area contributed by atoms with Gasteiger partial charge < -0.3 is 9.13 Å². The zero-order valence-electron chi connectivity index (χ0n) is 24.6. The highest BCUT2D eigenvalue weighted by Gasteiger charge is 2.22. The van der Waals surface area contributed by atoms with E-state index < -0.39 is 0 Å². The van der Waals surface area contributed by atoms with E-state index in [1.165, 1.54) is 0 Å². The molecule has 7 aromatic carbocycles. The Morgan fingerprint density at radius 1 is 0.413 bits per heavy atom. The molecule has 0 aliphatic heterocycles. The third-order valence-electron chi connectivity index (χ3n) is 9.16. The first-order valence-electron chi connectivity index (χ1n) is 15.2. The Bertz CT molecular complexity index is 2680. The van der Waals surface area contributed by atoms with Crippen molar-refractivity contribution in [3.63, 3.8) is 0 Å². The maximum atomic E-state index is 10.7. The third-order valence-corrected chi connectivity index (χ3v) is 9.16. The van der Waals surface area contributed by atoms with Gasteiger partial charge in [-0.3, -0.25) is 0 Å². The molecule has 0 atom stereocenters. The molecule has 0 fully saturated rings. The summed E-state index contributed by atoms with van der Waals surface area (Å²) in [5, 5.41) is 28.1. The first-order valence-corrected chi connectivity index (χ1v) is 15.2. The van der Waals surface area contributed by atoms with Crippen LogP contribution in [0.15, 0.2) is 146 Å². The molecule has 9 aromatic rings. The van der Waals surface area contributed by atoms with Crippen LogP contribution >= 0.6 is 0 Å². The minimum absolute atomic E-state index is 0.442. The first kappa shape index (κ1) is 25.8. The molecule has 0 saturated heterocycles. The van der Waals surface area contributed by atoms with Crippen LogP contribution in [0, 0.1) is 22.7 Å². The lowest BCUT2D eigenvalue weighted by molar-refractivity contribution is 1.12. The standard InChI is InChI=1S/C42H24N4/c43-25-30-22-32(23-31(26-44)42(30)46-37-16-8-6-14-34(37)35-15-7-9-17-38(35)46)45-39-20-19-29(27-10-2-1-3-11-27)24-36(39)41-33-13-5-4-12-28(33)18-21-40(41)45/h1-24H. The normalized spacial score (nSPS) is 11.4. The summed E-state index contributed by atoms with van der Waals surface area (Å²) in [7, 11) is 0. The average molecular weight is 585 g/mol. The molecule has 0 aliphatic carbocycles. The van der Waals surface area contributed by atoms with E-state index >= 15 is 0 Å². The van der Waals surface area contributed by atoms with Gasteiger partial charge in [-0.25, -0.2) is 0 Å². The number of nitriles is 2. The molecule has 0 amide bonds. The molecule has 2 heterocycles. The van der Waals surface area contributed by atoms with Crippen molar-refractivity contribution in [2.24, 2.45) is 0 Å². The summed E-state index contributed by atoms with van der Waals surface area (Å²) >= 11 is 0. The molecule has 0 N–H and O–H groups in total. The van der Waals surface area contributed by atoms with Crippen LogP contribution in [-0.2, 0) is 0 Å². The van der Waals surface area contributed by atoms with Crippen molar-refractivity contribution in [2.75, 3.05) is 0 Å². The van der Waals surface area contributed by atoms with Gasteiger partial charge in [-0.1, -0.05) is 103 Å². The molecule has 0 saturated carbocycles. The second-order valence-corrected chi connectivity index (χ2v) is 11.6. The second kappa shape index (κ2) is 9.96. The lowest BCUT2D eigenvalue weighted by atomic mass is 10.0. The van der Waals surface area contributed by atoms with E-state index in [1.807, 2.05) is 54.6 Å². The highest BCUT2D eigenvalue weighted by atomic mass is 15.0. The summed E-state index contributed by atoms with van der Waals surface area (Å²) < 4.78 is 4.26. The van der Waals surface area contributed by atoms with Crippen molar-refractivity contribution in [1.29, 1.82) is 10.5 Å². The Morgan fingerprint density at radius 2 is 0.978 bits per heavy atom.